The molecule has 4 heteroatoms. The van der Waals surface area contributed by atoms with Gasteiger partial charge in [0.15, 0.2) is 5.82 Å². The highest BCUT2D eigenvalue weighted by atomic mass is 19.1. The molecule has 0 aliphatic carbocycles. The minimum absolute atomic E-state index is 0.0695. The molecule has 0 atom stereocenters. The van der Waals surface area contributed by atoms with Crippen molar-refractivity contribution in [3.8, 4) is 0 Å². The number of carbonyl (C=O) groups is 1. The quantitative estimate of drug-likeness (QED) is 0.787. The lowest BCUT2D eigenvalue weighted by atomic mass is 10.2. The Morgan fingerprint density at radius 1 is 1.56 bits per heavy atom. The second kappa shape index (κ2) is 5.58. The summed E-state index contributed by atoms with van der Waals surface area (Å²) in [7, 11) is 0. The van der Waals surface area contributed by atoms with Crippen LogP contribution in [0.3, 0.4) is 0 Å². The van der Waals surface area contributed by atoms with Gasteiger partial charge in [-0.05, 0) is 26.3 Å². The molecular weight excluding hydrogens is 207 g/mol. The van der Waals surface area contributed by atoms with E-state index < -0.39 is 5.82 Å². The van der Waals surface area contributed by atoms with Crippen molar-refractivity contribution in [1.29, 1.82) is 0 Å². The van der Waals surface area contributed by atoms with E-state index in [1.807, 2.05) is 20.8 Å². The van der Waals surface area contributed by atoms with Crippen molar-refractivity contribution in [3.63, 3.8) is 0 Å². The van der Waals surface area contributed by atoms with Crippen molar-refractivity contribution in [2.24, 2.45) is 0 Å². The van der Waals surface area contributed by atoms with Crippen LogP contribution in [0, 0.1) is 5.82 Å². The zero-order chi connectivity index (χ0) is 12.1. The maximum Gasteiger partial charge on any atom is 0.257 e. The molecule has 3 nitrogen and oxygen atoms in total. The molecule has 0 radical (unpaired) electrons. The summed E-state index contributed by atoms with van der Waals surface area (Å²) in [5.74, 6) is -0.828. The number of hydrogen-bond acceptors (Lipinski definition) is 2. The van der Waals surface area contributed by atoms with E-state index in [1.54, 1.807) is 4.90 Å². The summed E-state index contributed by atoms with van der Waals surface area (Å²) in [6.07, 6.45) is 3.36. The summed E-state index contributed by atoms with van der Waals surface area (Å²) in [6.45, 7) is 6.48. The van der Waals surface area contributed by atoms with E-state index in [0.29, 0.717) is 6.54 Å². The van der Waals surface area contributed by atoms with E-state index in [0.717, 1.165) is 12.6 Å². The lowest BCUT2D eigenvalue weighted by Crippen LogP contribution is -2.38. The van der Waals surface area contributed by atoms with Gasteiger partial charge in [-0.2, -0.15) is 0 Å². The first-order valence-corrected chi connectivity index (χ1v) is 5.48. The number of carbonyl (C=O) groups excluding carboxylic acids is 1. The van der Waals surface area contributed by atoms with E-state index in [2.05, 4.69) is 4.98 Å². The van der Waals surface area contributed by atoms with Gasteiger partial charge in [-0.3, -0.25) is 9.78 Å². The summed E-state index contributed by atoms with van der Waals surface area (Å²) < 4.78 is 13.4. The Labute approximate surface area is 95.3 Å². The third-order valence-corrected chi connectivity index (χ3v) is 2.35. The van der Waals surface area contributed by atoms with Crippen LogP contribution in [-0.4, -0.2) is 28.4 Å². The normalized spacial score (nSPS) is 10.6. The van der Waals surface area contributed by atoms with Crippen LogP contribution in [0.5, 0.6) is 0 Å². The lowest BCUT2D eigenvalue weighted by molar-refractivity contribution is 0.0701. The molecule has 0 spiro atoms. The fourth-order valence-electron chi connectivity index (χ4n) is 1.54. The van der Waals surface area contributed by atoms with Gasteiger partial charge < -0.3 is 4.90 Å². The Morgan fingerprint density at radius 2 is 2.25 bits per heavy atom. The molecule has 88 valence electrons. The van der Waals surface area contributed by atoms with Crippen LogP contribution in [0.15, 0.2) is 18.5 Å². The largest absolute Gasteiger partial charge is 0.336 e. The monoisotopic (exact) mass is 224 g/mol. The Hall–Kier alpha value is -1.45. The number of pyridine rings is 1. The molecule has 0 fully saturated rings. The van der Waals surface area contributed by atoms with Crippen LogP contribution < -0.4 is 0 Å². The van der Waals surface area contributed by atoms with Crippen molar-refractivity contribution in [1.82, 2.24) is 9.88 Å². The maximum absolute atomic E-state index is 13.4. The summed E-state index contributed by atoms with van der Waals surface area (Å²) >= 11 is 0. The summed E-state index contributed by atoms with van der Waals surface area (Å²) in [4.78, 5) is 17.4. The Kier molecular flexibility index (Phi) is 4.40. The van der Waals surface area contributed by atoms with Crippen LogP contribution >= 0.6 is 0 Å². The van der Waals surface area contributed by atoms with Gasteiger partial charge in [0.1, 0.15) is 0 Å². The van der Waals surface area contributed by atoms with E-state index in [9.17, 15) is 9.18 Å². The number of hydrogen-bond donors (Lipinski definition) is 0. The number of nitrogens with zero attached hydrogens (tertiary/aromatic N) is 2. The average Bonchev–Trinajstić information content (AvgIpc) is 2.25. The number of rotatable bonds is 4. The number of halogens is 1. The second-order valence-electron chi connectivity index (χ2n) is 3.95. The molecule has 1 aromatic heterocycles. The summed E-state index contributed by atoms with van der Waals surface area (Å²) in [6, 6.07) is 1.49. The molecule has 1 amide bonds. The third-order valence-electron chi connectivity index (χ3n) is 2.35. The fourth-order valence-corrected chi connectivity index (χ4v) is 1.54. The van der Waals surface area contributed by atoms with Crippen LogP contribution in [0.25, 0.3) is 0 Å². The van der Waals surface area contributed by atoms with Gasteiger partial charge in [0.05, 0.1) is 11.8 Å². The molecule has 0 saturated heterocycles. The topological polar surface area (TPSA) is 33.2 Å². The van der Waals surface area contributed by atoms with Gasteiger partial charge in [-0.25, -0.2) is 4.39 Å². The van der Waals surface area contributed by atoms with E-state index in [4.69, 9.17) is 0 Å². The zero-order valence-electron chi connectivity index (χ0n) is 9.90. The predicted octanol–water partition coefficient (Wildman–Crippen LogP) is 2.48. The molecule has 0 aliphatic rings. The van der Waals surface area contributed by atoms with E-state index in [-0.39, 0.29) is 17.5 Å². The molecule has 1 heterocycles. The van der Waals surface area contributed by atoms with Crippen LogP contribution in [0.1, 0.15) is 37.6 Å². The van der Waals surface area contributed by atoms with Gasteiger partial charge in [0.2, 0.25) is 0 Å². The molecule has 0 aromatic carbocycles. The van der Waals surface area contributed by atoms with E-state index in [1.165, 1.54) is 12.3 Å². The Bertz CT molecular complexity index is 366. The molecule has 1 aromatic rings. The molecule has 0 N–H and O–H groups in total. The molecule has 0 aliphatic heterocycles. The SMILES string of the molecule is CCCN(C(=O)c1ccncc1F)C(C)C. The molecular formula is C12H17FN2O. The van der Waals surface area contributed by atoms with Gasteiger partial charge in [-0.1, -0.05) is 6.92 Å². The summed E-state index contributed by atoms with van der Waals surface area (Å²) in [5.41, 5.74) is 0.0946. The molecule has 1 rings (SSSR count). The lowest BCUT2D eigenvalue weighted by Gasteiger charge is -2.26. The smallest absolute Gasteiger partial charge is 0.257 e. The Morgan fingerprint density at radius 3 is 2.75 bits per heavy atom. The first kappa shape index (κ1) is 12.6. The molecule has 0 saturated carbocycles. The minimum atomic E-state index is -0.561. The summed E-state index contributed by atoms with van der Waals surface area (Å²) in [5, 5.41) is 0. The highest BCUT2D eigenvalue weighted by Crippen LogP contribution is 2.11. The fraction of sp³-hybridized carbons (Fsp3) is 0.500. The zero-order valence-corrected chi connectivity index (χ0v) is 9.90. The molecule has 16 heavy (non-hydrogen) atoms. The van der Waals surface area contributed by atoms with Crippen molar-refractivity contribution in [3.05, 3.63) is 29.8 Å². The molecule has 0 unspecified atom stereocenters. The number of aromatic nitrogens is 1. The Balaban J connectivity index is 2.95. The maximum atomic E-state index is 13.4. The van der Waals surface area contributed by atoms with Gasteiger partial charge in [-0.15, -0.1) is 0 Å². The van der Waals surface area contributed by atoms with Crippen molar-refractivity contribution >= 4 is 5.91 Å². The predicted molar refractivity (Wildman–Crippen MR) is 60.7 cm³/mol. The first-order valence-electron chi connectivity index (χ1n) is 5.48. The number of amides is 1. The van der Waals surface area contributed by atoms with Gasteiger partial charge in [0, 0.05) is 18.8 Å². The highest BCUT2D eigenvalue weighted by Gasteiger charge is 2.20. The van der Waals surface area contributed by atoms with Crippen molar-refractivity contribution in [2.45, 2.75) is 33.2 Å². The van der Waals surface area contributed by atoms with Crippen LogP contribution in [0.4, 0.5) is 4.39 Å². The average molecular weight is 224 g/mol. The highest BCUT2D eigenvalue weighted by molar-refractivity contribution is 5.94. The third kappa shape index (κ3) is 2.78. The van der Waals surface area contributed by atoms with Gasteiger partial charge >= 0.3 is 0 Å². The van der Waals surface area contributed by atoms with Crippen LogP contribution in [0.2, 0.25) is 0 Å². The van der Waals surface area contributed by atoms with Gasteiger partial charge in [0.25, 0.3) is 5.91 Å². The standard InChI is InChI=1S/C12H17FN2O/c1-4-7-15(9(2)3)12(16)10-5-6-14-8-11(10)13/h5-6,8-9H,4,7H2,1-3H3. The van der Waals surface area contributed by atoms with Crippen molar-refractivity contribution < 1.29 is 9.18 Å². The van der Waals surface area contributed by atoms with Crippen molar-refractivity contribution in [2.75, 3.05) is 6.54 Å². The van der Waals surface area contributed by atoms with Crippen LogP contribution in [-0.2, 0) is 0 Å². The second-order valence-corrected chi connectivity index (χ2v) is 3.95. The van der Waals surface area contributed by atoms with E-state index >= 15 is 0 Å². The first-order chi connectivity index (χ1) is 7.57. The minimum Gasteiger partial charge on any atom is -0.336 e. The molecule has 0 bridgehead atoms.